The van der Waals surface area contributed by atoms with Crippen molar-refractivity contribution >= 4 is 6.09 Å². The zero-order chi connectivity index (χ0) is 16.2. The van der Waals surface area contributed by atoms with Crippen molar-refractivity contribution in [2.75, 3.05) is 26.3 Å². The van der Waals surface area contributed by atoms with Crippen LogP contribution in [0.15, 0.2) is 4.52 Å². The molecule has 0 atom stereocenters. The molecule has 1 aliphatic heterocycles. The van der Waals surface area contributed by atoms with Crippen LogP contribution in [0.5, 0.6) is 0 Å². The maximum atomic E-state index is 11.8. The van der Waals surface area contributed by atoms with Gasteiger partial charge in [-0.15, -0.1) is 0 Å². The van der Waals surface area contributed by atoms with E-state index >= 15 is 0 Å². The van der Waals surface area contributed by atoms with E-state index in [0.717, 1.165) is 0 Å². The summed E-state index contributed by atoms with van der Waals surface area (Å²) in [6, 6.07) is 0. The average Bonchev–Trinajstić information content (AvgIpc) is 2.79. The van der Waals surface area contributed by atoms with Gasteiger partial charge in [-0.25, -0.2) is 4.79 Å². The van der Waals surface area contributed by atoms with Gasteiger partial charge in [0.05, 0.1) is 6.61 Å². The Labute approximate surface area is 131 Å². The third kappa shape index (κ3) is 4.98. The molecule has 1 aliphatic rings. The third-order valence-corrected chi connectivity index (χ3v) is 3.26. The van der Waals surface area contributed by atoms with Gasteiger partial charge in [0.1, 0.15) is 5.60 Å². The fourth-order valence-corrected chi connectivity index (χ4v) is 2.20. The number of rotatable bonds is 6. The number of aromatic nitrogens is 2. The summed E-state index contributed by atoms with van der Waals surface area (Å²) >= 11 is 0. The van der Waals surface area contributed by atoms with E-state index in [-0.39, 0.29) is 6.09 Å². The lowest BCUT2D eigenvalue weighted by molar-refractivity contribution is -0.00187. The van der Waals surface area contributed by atoms with Crippen LogP contribution in [-0.2, 0) is 22.3 Å². The molecule has 1 fully saturated rings. The van der Waals surface area contributed by atoms with Crippen LogP contribution in [0.4, 0.5) is 4.79 Å². The molecule has 7 nitrogen and oxygen atoms in total. The second-order valence-corrected chi connectivity index (χ2v) is 6.51. The van der Waals surface area contributed by atoms with Gasteiger partial charge in [0.25, 0.3) is 0 Å². The Morgan fingerprint density at radius 3 is 2.77 bits per heavy atom. The molecule has 1 aromatic heterocycles. The van der Waals surface area contributed by atoms with Gasteiger partial charge in [-0.1, -0.05) is 5.16 Å². The summed E-state index contributed by atoms with van der Waals surface area (Å²) in [5, 5.41) is 3.93. The minimum atomic E-state index is -0.454. The van der Waals surface area contributed by atoms with E-state index in [1.165, 1.54) is 0 Å². The topological polar surface area (TPSA) is 77.7 Å². The van der Waals surface area contributed by atoms with Gasteiger partial charge in [0, 0.05) is 38.5 Å². The quantitative estimate of drug-likeness (QED) is 0.748. The Balaban J connectivity index is 1.70. The molecular formula is C15H25N3O4. The SMILES string of the molecule is CCOCCc1noc(CC2CN(C(=O)OC(C)(C)C)C2)n1. The molecule has 2 heterocycles. The van der Waals surface area contributed by atoms with Crippen molar-refractivity contribution in [3.05, 3.63) is 11.7 Å². The minimum absolute atomic E-state index is 0.258. The van der Waals surface area contributed by atoms with E-state index in [0.29, 0.717) is 56.8 Å². The van der Waals surface area contributed by atoms with Crippen LogP contribution in [0.25, 0.3) is 0 Å². The summed E-state index contributed by atoms with van der Waals surface area (Å²) in [5.41, 5.74) is -0.454. The van der Waals surface area contributed by atoms with Crippen molar-refractivity contribution in [2.45, 2.75) is 46.1 Å². The van der Waals surface area contributed by atoms with Gasteiger partial charge in [-0.2, -0.15) is 4.98 Å². The monoisotopic (exact) mass is 311 g/mol. The Bertz CT molecular complexity index is 489. The highest BCUT2D eigenvalue weighted by molar-refractivity contribution is 5.69. The number of carbonyl (C=O) groups excluding carboxylic acids is 1. The molecule has 22 heavy (non-hydrogen) atoms. The van der Waals surface area contributed by atoms with Gasteiger partial charge < -0.3 is 18.9 Å². The highest BCUT2D eigenvalue weighted by atomic mass is 16.6. The van der Waals surface area contributed by atoms with E-state index in [4.69, 9.17) is 14.0 Å². The Morgan fingerprint density at radius 1 is 1.41 bits per heavy atom. The zero-order valence-electron chi connectivity index (χ0n) is 13.8. The molecule has 7 heteroatoms. The van der Waals surface area contributed by atoms with Crippen LogP contribution in [0.2, 0.25) is 0 Å². The third-order valence-electron chi connectivity index (χ3n) is 3.26. The van der Waals surface area contributed by atoms with Crippen LogP contribution < -0.4 is 0 Å². The largest absolute Gasteiger partial charge is 0.444 e. The summed E-state index contributed by atoms with van der Waals surface area (Å²) in [7, 11) is 0. The predicted molar refractivity (Wildman–Crippen MR) is 79.5 cm³/mol. The summed E-state index contributed by atoms with van der Waals surface area (Å²) in [6.45, 7) is 10.2. The van der Waals surface area contributed by atoms with Crippen LogP contribution in [0.1, 0.15) is 39.4 Å². The molecule has 1 amide bonds. The fourth-order valence-electron chi connectivity index (χ4n) is 2.20. The second-order valence-electron chi connectivity index (χ2n) is 6.51. The lowest BCUT2D eigenvalue weighted by atomic mass is 9.97. The highest BCUT2D eigenvalue weighted by Crippen LogP contribution is 2.22. The van der Waals surface area contributed by atoms with Crippen molar-refractivity contribution in [1.82, 2.24) is 15.0 Å². The summed E-state index contributed by atoms with van der Waals surface area (Å²) < 4.78 is 15.8. The van der Waals surface area contributed by atoms with E-state index < -0.39 is 5.60 Å². The van der Waals surface area contributed by atoms with Crippen LogP contribution >= 0.6 is 0 Å². The predicted octanol–water partition coefficient (Wildman–Crippen LogP) is 2.06. The second kappa shape index (κ2) is 7.09. The number of nitrogens with zero attached hydrogens (tertiary/aromatic N) is 3. The van der Waals surface area contributed by atoms with Crippen LogP contribution in [-0.4, -0.2) is 53.0 Å². The number of likely N-dealkylation sites (tertiary alicyclic amines) is 1. The van der Waals surface area contributed by atoms with Crippen LogP contribution in [0.3, 0.4) is 0 Å². The smallest absolute Gasteiger partial charge is 0.410 e. The molecular weight excluding hydrogens is 286 g/mol. The van der Waals surface area contributed by atoms with E-state index in [9.17, 15) is 4.79 Å². The lowest BCUT2D eigenvalue weighted by Gasteiger charge is -2.39. The standard InChI is InChI=1S/C15H25N3O4/c1-5-20-7-6-12-16-13(22-17-12)8-11-9-18(10-11)14(19)21-15(2,3)4/h11H,5-10H2,1-4H3. The molecule has 0 aliphatic carbocycles. The average molecular weight is 311 g/mol. The summed E-state index contributed by atoms with van der Waals surface area (Å²) in [4.78, 5) is 17.9. The zero-order valence-corrected chi connectivity index (χ0v) is 13.8. The van der Waals surface area contributed by atoms with Gasteiger partial charge in [-0.05, 0) is 27.7 Å². The first-order valence-corrected chi connectivity index (χ1v) is 7.74. The molecule has 0 radical (unpaired) electrons. The Kier molecular flexibility index (Phi) is 5.39. The highest BCUT2D eigenvalue weighted by Gasteiger charge is 2.34. The van der Waals surface area contributed by atoms with Gasteiger partial charge >= 0.3 is 6.09 Å². The summed E-state index contributed by atoms with van der Waals surface area (Å²) in [6.07, 6.45) is 1.10. The van der Waals surface area contributed by atoms with Crippen molar-refractivity contribution in [3.8, 4) is 0 Å². The maximum absolute atomic E-state index is 11.8. The molecule has 0 saturated carbocycles. The summed E-state index contributed by atoms with van der Waals surface area (Å²) in [5.74, 6) is 1.65. The first kappa shape index (κ1) is 16.7. The fraction of sp³-hybridized carbons (Fsp3) is 0.800. The molecule has 1 aromatic rings. The van der Waals surface area contributed by atoms with Gasteiger partial charge in [0.15, 0.2) is 5.82 Å². The molecule has 0 N–H and O–H groups in total. The molecule has 124 valence electrons. The molecule has 1 saturated heterocycles. The van der Waals surface area contributed by atoms with Crippen LogP contribution in [0, 0.1) is 5.92 Å². The number of hydrogen-bond donors (Lipinski definition) is 0. The normalized spacial score (nSPS) is 15.7. The van der Waals surface area contributed by atoms with Crippen molar-refractivity contribution in [2.24, 2.45) is 5.92 Å². The van der Waals surface area contributed by atoms with Crippen molar-refractivity contribution < 1.29 is 18.8 Å². The molecule has 0 aromatic carbocycles. The number of ether oxygens (including phenoxy) is 2. The van der Waals surface area contributed by atoms with Gasteiger partial charge in [0.2, 0.25) is 5.89 Å². The van der Waals surface area contributed by atoms with E-state index in [2.05, 4.69) is 10.1 Å². The lowest BCUT2D eigenvalue weighted by Crippen LogP contribution is -2.52. The number of amides is 1. The Morgan fingerprint density at radius 2 is 2.14 bits per heavy atom. The Hall–Kier alpha value is -1.63. The maximum Gasteiger partial charge on any atom is 0.410 e. The first-order chi connectivity index (χ1) is 10.4. The molecule has 0 unspecified atom stereocenters. The molecule has 2 rings (SSSR count). The minimum Gasteiger partial charge on any atom is -0.444 e. The van der Waals surface area contributed by atoms with Gasteiger partial charge in [-0.3, -0.25) is 0 Å². The van der Waals surface area contributed by atoms with Crippen molar-refractivity contribution in [1.29, 1.82) is 0 Å². The number of hydrogen-bond acceptors (Lipinski definition) is 6. The number of carbonyl (C=O) groups is 1. The molecule has 0 spiro atoms. The molecule has 0 bridgehead atoms. The van der Waals surface area contributed by atoms with Crippen molar-refractivity contribution in [3.63, 3.8) is 0 Å². The van der Waals surface area contributed by atoms with E-state index in [1.54, 1.807) is 4.90 Å². The van der Waals surface area contributed by atoms with E-state index in [1.807, 2.05) is 27.7 Å². The first-order valence-electron chi connectivity index (χ1n) is 7.74.